The number of imidazole rings is 1. The van der Waals surface area contributed by atoms with Crippen LogP contribution in [0.15, 0.2) is 55.0 Å². The minimum absolute atomic E-state index is 0.303. The third-order valence-corrected chi connectivity index (χ3v) is 3.14. The van der Waals surface area contributed by atoms with E-state index in [1.54, 1.807) is 27.5 Å². The molecule has 0 fully saturated rings. The Morgan fingerprint density at radius 2 is 1.89 bits per heavy atom. The van der Waals surface area contributed by atoms with Gasteiger partial charge in [-0.3, -0.25) is 4.40 Å². The highest BCUT2D eigenvalue weighted by Gasteiger charge is 2.09. The summed E-state index contributed by atoms with van der Waals surface area (Å²) in [4.78, 5) is 4.26. The molecular weight excluding hydrogens is 243 g/mol. The zero-order valence-corrected chi connectivity index (χ0v) is 9.86. The van der Waals surface area contributed by atoms with Gasteiger partial charge in [-0.05, 0) is 18.2 Å². The fraction of sp³-hybridized carbons (Fsp3) is 0. The van der Waals surface area contributed by atoms with Crippen LogP contribution in [-0.4, -0.2) is 19.2 Å². The van der Waals surface area contributed by atoms with Gasteiger partial charge in [-0.15, -0.1) is 0 Å². The van der Waals surface area contributed by atoms with E-state index in [-0.39, 0.29) is 5.82 Å². The first-order valence-corrected chi connectivity index (χ1v) is 5.89. The van der Waals surface area contributed by atoms with E-state index in [2.05, 4.69) is 10.1 Å². The minimum Gasteiger partial charge on any atom is -0.282 e. The van der Waals surface area contributed by atoms with Crippen LogP contribution in [-0.2, 0) is 0 Å². The molecule has 0 saturated carbocycles. The minimum atomic E-state index is -0.303. The van der Waals surface area contributed by atoms with Crippen LogP contribution in [0.3, 0.4) is 0 Å². The van der Waals surface area contributed by atoms with Crippen molar-refractivity contribution in [2.45, 2.75) is 0 Å². The molecule has 0 aliphatic carbocycles. The van der Waals surface area contributed by atoms with Gasteiger partial charge in [0.25, 0.3) is 0 Å². The van der Waals surface area contributed by atoms with Gasteiger partial charge < -0.3 is 0 Å². The zero-order valence-electron chi connectivity index (χ0n) is 9.86. The number of benzene rings is 1. The molecule has 1 aromatic carbocycles. The maximum atomic E-state index is 13.4. The SMILES string of the molecule is Fc1ccc2ncc(-n3ncc4ccccc43)n2c1. The summed E-state index contributed by atoms with van der Waals surface area (Å²) in [7, 11) is 0. The average Bonchev–Trinajstić information content (AvgIpc) is 3.01. The Labute approximate surface area is 107 Å². The van der Waals surface area contributed by atoms with Crippen molar-refractivity contribution in [3.63, 3.8) is 0 Å². The average molecular weight is 252 g/mol. The van der Waals surface area contributed by atoms with E-state index in [0.717, 1.165) is 16.7 Å². The molecule has 0 spiro atoms. The Bertz CT molecular complexity index is 891. The molecule has 4 rings (SSSR count). The van der Waals surface area contributed by atoms with Crippen molar-refractivity contribution in [1.29, 1.82) is 0 Å². The molecule has 3 heterocycles. The van der Waals surface area contributed by atoms with Crippen LogP contribution in [0.4, 0.5) is 4.39 Å². The molecule has 4 nitrogen and oxygen atoms in total. The second-order valence-corrected chi connectivity index (χ2v) is 4.31. The van der Waals surface area contributed by atoms with Crippen molar-refractivity contribution in [3.05, 3.63) is 60.8 Å². The van der Waals surface area contributed by atoms with Crippen LogP contribution in [0.25, 0.3) is 22.4 Å². The molecule has 0 radical (unpaired) electrons. The van der Waals surface area contributed by atoms with Crippen molar-refractivity contribution in [2.24, 2.45) is 0 Å². The molecule has 0 bridgehead atoms. The smallest absolute Gasteiger partial charge is 0.159 e. The lowest BCUT2D eigenvalue weighted by Crippen LogP contribution is -2.00. The Kier molecular flexibility index (Phi) is 1.97. The third-order valence-electron chi connectivity index (χ3n) is 3.14. The van der Waals surface area contributed by atoms with E-state index in [1.807, 2.05) is 24.3 Å². The molecule has 19 heavy (non-hydrogen) atoms. The highest BCUT2D eigenvalue weighted by atomic mass is 19.1. The summed E-state index contributed by atoms with van der Waals surface area (Å²) in [5.74, 6) is 0.416. The van der Waals surface area contributed by atoms with Crippen molar-refractivity contribution in [3.8, 4) is 5.82 Å². The number of hydrogen-bond donors (Lipinski definition) is 0. The van der Waals surface area contributed by atoms with Crippen LogP contribution >= 0.6 is 0 Å². The van der Waals surface area contributed by atoms with Gasteiger partial charge in [0.05, 0.1) is 17.9 Å². The molecular formula is C14H9FN4. The summed E-state index contributed by atoms with van der Waals surface area (Å²) >= 11 is 0. The van der Waals surface area contributed by atoms with Gasteiger partial charge in [0.1, 0.15) is 11.5 Å². The van der Waals surface area contributed by atoms with Gasteiger partial charge in [0.15, 0.2) is 5.82 Å². The summed E-state index contributed by atoms with van der Waals surface area (Å²) in [5, 5.41) is 5.39. The van der Waals surface area contributed by atoms with Crippen molar-refractivity contribution < 1.29 is 4.39 Å². The van der Waals surface area contributed by atoms with Crippen LogP contribution in [0.1, 0.15) is 0 Å². The van der Waals surface area contributed by atoms with Crippen LogP contribution in [0.2, 0.25) is 0 Å². The molecule has 3 aromatic heterocycles. The molecule has 0 atom stereocenters. The Morgan fingerprint density at radius 3 is 2.84 bits per heavy atom. The monoisotopic (exact) mass is 252 g/mol. The van der Waals surface area contributed by atoms with Gasteiger partial charge in [-0.2, -0.15) is 5.10 Å². The van der Waals surface area contributed by atoms with Crippen LogP contribution in [0, 0.1) is 5.82 Å². The van der Waals surface area contributed by atoms with Crippen molar-refractivity contribution in [1.82, 2.24) is 19.2 Å². The number of para-hydroxylation sites is 1. The van der Waals surface area contributed by atoms with Gasteiger partial charge in [-0.25, -0.2) is 14.1 Å². The Morgan fingerprint density at radius 1 is 1.00 bits per heavy atom. The number of rotatable bonds is 1. The molecule has 0 saturated heterocycles. The molecule has 92 valence electrons. The highest BCUT2D eigenvalue weighted by Crippen LogP contribution is 2.19. The van der Waals surface area contributed by atoms with E-state index in [0.29, 0.717) is 5.65 Å². The summed E-state index contributed by atoms with van der Waals surface area (Å²) < 4.78 is 16.8. The predicted molar refractivity (Wildman–Crippen MR) is 69.8 cm³/mol. The first-order chi connectivity index (χ1) is 9.33. The normalized spacial score (nSPS) is 11.4. The summed E-state index contributed by atoms with van der Waals surface area (Å²) in [5.41, 5.74) is 1.66. The summed E-state index contributed by atoms with van der Waals surface area (Å²) in [6.45, 7) is 0. The first-order valence-electron chi connectivity index (χ1n) is 5.89. The van der Waals surface area contributed by atoms with E-state index >= 15 is 0 Å². The largest absolute Gasteiger partial charge is 0.282 e. The molecule has 0 amide bonds. The number of hydrogen-bond acceptors (Lipinski definition) is 2. The van der Waals surface area contributed by atoms with Crippen LogP contribution in [0.5, 0.6) is 0 Å². The van der Waals surface area contributed by atoms with Crippen molar-refractivity contribution >= 4 is 16.6 Å². The van der Waals surface area contributed by atoms with E-state index < -0.39 is 0 Å². The molecule has 0 N–H and O–H groups in total. The Hall–Kier alpha value is -2.69. The van der Waals surface area contributed by atoms with Gasteiger partial charge in [-0.1, -0.05) is 18.2 Å². The standard InChI is InChI=1S/C14H9FN4/c15-11-5-6-13-16-8-14(18(13)9-11)19-12-4-2-1-3-10(12)7-17-19/h1-9H. The van der Waals surface area contributed by atoms with Gasteiger partial charge in [0.2, 0.25) is 0 Å². The van der Waals surface area contributed by atoms with E-state index in [4.69, 9.17) is 0 Å². The lowest BCUT2D eigenvalue weighted by molar-refractivity contribution is 0.618. The number of pyridine rings is 1. The number of fused-ring (bicyclic) bond motifs is 2. The fourth-order valence-electron chi connectivity index (χ4n) is 2.25. The predicted octanol–water partition coefficient (Wildman–Crippen LogP) is 2.81. The molecule has 0 aliphatic rings. The van der Waals surface area contributed by atoms with Gasteiger partial charge >= 0.3 is 0 Å². The maximum Gasteiger partial charge on any atom is 0.159 e. The van der Waals surface area contributed by atoms with Gasteiger partial charge in [0, 0.05) is 11.6 Å². The Balaban J connectivity index is 2.06. The lowest BCUT2D eigenvalue weighted by atomic mass is 10.3. The topological polar surface area (TPSA) is 35.1 Å². The summed E-state index contributed by atoms with van der Waals surface area (Å²) in [6.07, 6.45) is 4.89. The summed E-state index contributed by atoms with van der Waals surface area (Å²) in [6, 6.07) is 10.9. The number of halogens is 1. The first kappa shape index (κ1) is 10.3. The quantitative estimate of drug-likeness (QED) is 0.522. The third kappa shape index (κ3) is 1.45. The van der Waals surface area contributed by atoms with E-state index in [9.17, 15) is 4.39 Å². The zero-order chi connectivity index (χ0) is 12.8. The molecule has 5 heteroatoms. The molecule has 0 unspecified atom stereocenters. The second-order valence-electron chi connectivity index (χ2n) is 4.31. The molecule has 4 aromatic rings. The van der Waals surface area contributed by atoms with E-state index in [1.165, 1.54) is 12.3 Å². The lowest BCUT2D eigenvalue weighted by Gasteiger charge is -2.03. The maximum absolute atomic E-state index is 13.4. The van der Waals surface area contributed by atoms with Crippen LogP contribution < -0.4 is 0 Å². The molecule has 0 aliphatic heterocycles. The second kappa shape index (κ2) is 3.65. The number of nitrogens with zero attached hydrogens (tertiary/aromatic N) is 4. The number of aromatic nitrogens is 4. The fourth-order valence-corrected chi connectivity index (χ4v) is 2.25. The highest BCUT2D eigenvalue weighted by molar-refractivity contribution is 5.79. The van der Waals surface area contributed by atoms with Crippen molar-refractivity contribution in [2.75, 3.05) is 0 Å².